The predicted molar refractivity (Wildman–Crippen MR) is 113 cm³/mol. The van der Waals surface area contributed by atoms with Gasteiger partial charge in [0.1, 0.15) is 5.56 Å². The van der Waals surface area contributed by atoms with Gasteiger partial charge in [-0.2, -0.15) is 0 Å². The number of nitrogens with zero attached hydrogens (tertiary/aromatic N) is 2. The van der Waals surface area contributed by atoms with Crippen molar-refractivity contribution in [1.29, 1.82) is 0 Å². The van der Waals surface area contributed by atoms with Crippen LogP contribution in [0.25, 0.3) is 10.9 Å². The molecule has 1 aliphatic rings. The summed E-state index contributed by atoms with van der Waals surface area (Å²) in [6.07, 6.45) is 4.94. The van der Waals surface area contributed by atoms with Crippen LogP contribution >= 0.6 is 0 Å². The third-order valence-electron chi connectivity index (χ3n) is 5.04. The number of rotatable bonds is 7. The Balaban J connectivity index is 1.43. The molecule has 160 valence electrons. The standard InChI is InChI=1S/C22H22N4O5/c1-2-26-12-16(21(28)15-9-18-19(10-17(15)26)31-13-30-18)22(29)24-8-5-20(27)25-11-14-3-6-23-7-4-14/h3-4,6-7,9-10,12H,2,5,8,11,13H2,1H3,(H,24,29)(H,25,27). The van der Waals surface area contributed by atoms with Crippen molar-refractivity contribution in [2.75, 3.05) is 13.3 Å². The van der Waals surface area contributed by atoms with Crippen molar-refractivity contribution >= 4 is 22.7 Å². The van der Waals surface area contributed by atoms with E-state index in [9.17, 15) is 14.4 Å². The minimum Gasteiger partial charge on any atom is -0.454 e. The van der Waals surface area contributed by atoms with Crippen LogP contribution in [0.4, 0.5) is 0 Å². The average Bonchev–Trinajstić information content (AvgIpc) is 3.25. The number of amides is 2. The van der Waals surface area contributed by atoms with Crippen LogP contribution in [0.2, 0.25) is 0 Å². The number of carbonyl (C=O) groups is 2. The SMILES string of the molecule is CCn1cc(C(=O)NCCC(=O)NCc2ccncc2)c(=O)c2cc3c(cc21)OCO3. The molecule has 0 fully saturated rings. The van der Waals surface area contributed by atoms with Gasteiger partial charge in [0, 0.05) is 50.7 Å². The topological polar surface area (TPSA) is 112 Å². The number of pyridine rings is 2. The van der Waals surface area contributed by atoms with E-state index in [-0.39, 0.29) is 31.2 Å². The van der Waals surface area contributed by atoms with Crippen LogP contribution in [-0.4, -0.2) is 34.7 Å². The number of hydrogen-bond acceptors (Lipinski definition) is 6. The summed E-state index contributed by atoms with van der Waals surface area (Å²) in [5.41, 5.74) is 1.23. The molecule has 0 aliphatic carbocycles. The van der Waals surface area contributed by atoms with Crippen molar-refractivity contribution in [3.8, 4) is 11.5 Å². The maximum Gasteiger partial charge on any atom is 0.256 e. The van der Waals surface area contributed by atoms with Gasteiger partial charge in [0.15, 0.2) is 11.5 Å². The highest BCUT2D eigenvalue weighted by atomic mass is 16.7. The third-order valence-corrected chi connectivity index (χ3v) is 5.04. The van der Waals surface area contributed by atoms with Gasteiger partial charge in [-0.05, 0) is 30.7 Å². The van der Waals surface area contributed by atoms with Crippen molar-refractivity contribution in [3.63, 3.8) is 0 Å². The van der Waals surface area contributed by atoms with E-state index >= 15 is 0 Å². The van der Waals surface area contributed by atoms with E-state index in [2.05, 4.69) is 15.6 Å². The molecular formula is C22H22N4O5. The van der Waals surface area contributed by atoms with Gasteiger partial charge in [-0.3, -0.25) is 19.4 Å². The number of fused-ring (bicyclic) bond motifs is 2. The Hall–Kier alpha value is -3.88. The Morgan fingerprint density at radius 3 is 2.61 bits per heavy atom. The Morgan fingerprint density at radius 1 is 1.13 bits per heavy atom. The van der Waals surface area contributed by atoms with Gasteiger partial charge in [-0.25, -0.2) is 0 Å². The Bertz CT molecular complexity index is 1190. The zero-order chi connectivity index (χ0) is 21.8. The zero-order valence-electron chi connectivity index (χ0n) is 17.0. The van der Waals surface area contributed by atoms with Crippen LogP contribution in [0.5, 0.6) is 11.5 Å². The fourth-order valence-electron chi connectivity index (χ4n) is 3.38. The maximum atomic E-state index is 12.9. The van der Waals surface area contributed by atoms with Gasteiger partial charge in [0.05, 0.1) is 10.9 Å². The van der Waals surface area contributed by atoms with Crippen LogP contribution in [0.1, 0.15) is 29.3 Å². The third kappa shape index (κ3) is 4.35. The Labute approximate surface area is 178 Å². The lowest BCUT2D eigenvalue weighted by molar-refractivity contribution is -0.121. The fourth-order valence-corrected chi connectivity index (χ4v) is 3.38. The average molecular weight is 422 g/mol. The van der Waals surface area contributed by atoms with Gasteiger partial charge in [0.2, 0.25) is 18.1 Å². The van der Waals surface area contributed by atoms with E-state index in [0.717, 1.165) is 5.56 Å². The van der Waals surface area contributed by atoms with Gasteiger partial charge < -0.3 is 24.7 Å². The molecule has 0 saturated carbocycles. The van der Waals surface area contributed by atoms with E-state index < -0.39 is 11.3 Å². The molecule has 0 spiro atoms. The van der Waals surface area contributed by atoms with Crippen molar-refractivity contribution < 1.29 is 19.1 Å². The van der Waals surface area contributed by atoms with Gasteiger partial charge in [0.25, 0.3) is 5.91 Å². The van der Waals surface area contributed by atoms with E-state index in [1.807, 2.05) is 23.6 Å². The molecular weight excluding hydrogens is 400 g/mol. The van der Waals surface area contributed by atoms with E-state index in [1.54, 1.807) is 24.5 Å². The lowest BCUT2D eigenvalue weighted by Gasteiger charge is -2.12. The zero-order valence-corrected chi connectivity index (χ0v) is 17.0. The second-order valence-electron chi connectivity index (χ2n) is 7.02. The summed E-state index contributed by atoms with van der Waals surface area (Å²) in [7, 11) is 0. The van der Waals surface area contributed by atoms with Crippen LogP contribution in [0, 0.1) is 0 Å². The molecule has 0 atom stereocenters. The van der Waals surface area contributed by atoms with Crippen molar-refractivity contribution in [2.45, 2.75) is 26.4 Å². The molecule has 0 unspecified atom stereocenters. The molecule has 1 aromatic carbocycles. The molecule has 3 aromatic rings. The number of aryl methyl sites for hydroxylation is 1. The number of aromatic nitrogens is 2. The first-order valence-electron chi connectivity index (χ1n) is 9.97. The second kappa shape index (κ2) is 8.86. The predicted octanol–water partition coefficient (Wildman–Crippen LogP) is 1.58. The summed E-state index contributed by atoms with van der Waals surface area (Å²) in [6.45, 7) is 3.09. The molecule has 31 heavy (non-hydrogen) atoms. The number of benzene rings is 1. The van der Waals surface area contributed by atoms with Crippen molar-refractivity contribution in [3.05, 3.63) is 64.2 Å². The number of carbonyl (C=O) groups excluding carboxylic acids is 2. The molecule has 3 heterocycles. The molecule has 1 aliphatic heterocycles. The van der Waals surface area contributed by atoms with Crippen LogP contribution in [0.15, 0.2) is 47.7 Å². The molecule has 4 rings (SSSR count). The quantitative estimate of drug-likeness (QED) is 0.598. The Kier molecular flexibility index (Phi) is 5.83. The molecule has 9 heteroatoms. The van der Waals surface area contributed by atoms with Crippen LogP contribution < -0.4 is 25.5 Å². The molecule has 2 amide bonds. The first kappa shape index (κ1) is 20.4. The molecule has 0 radical (unpaired) electrons. The summed E-state index contributed by atoms with van der Waals surface area (Å²) in [5, 5.41) is 5.82. The highest BCUT2D eigenvalue weighted by molar-refractivity contribution is 5.98. The largest absolute Gasteiger partial charge is 0.454 e. The smallest absolute Gasteiger partial charge is 0.256 e. The lowest BCUT2D eigenvalue weighted by Crippen LogP contribution is -2.33. The van der Waals surface area contributed by atoms with Crippen LogP contribution in [-0.2, 0) is 17.9 Å². The van der Waals surface area contributed by atoms with E-state index in [1.165, 1.54) is 6.20 Å². The summed E-state index contributed by atoms with van der Waals surface area (Å²) in [5.74, 6) is 0.336. The summed E-state index contributed by atoms with van der Waals surface area (Å²) >= 11 is 0. The highest BCUT2D eigenvalue weighted by Crippen LogP contribution is 2.35. The lowest BCUT2D eigenvalue weighted by atomic mass is 10.1. The van der Waals surface area contributed by atoms with Crippen molar-refractivity contribution in [2.24, 2.45) is 0 Å². The monoisotopic (exact) mass is 422 g/mol. The summed E-state index contributed by atoms with van der Waals surface area (Å²) in [4.78, 5) is 41.5. The van der Waals surface area contributed by atoms with Gasteiger partial charge in [-0.1, -0.05) is 0 Å². The highest BCUT2D eigenvalue weighted by Gasteiger charge is 2.20. The molecule has 0 saturated heterocycles. The number of nitrogens with one attached hydrogen (secondary N) is 2. The second-order valence-corrected chi connectivity index (χ2v) is 7.02. The maximum absolute atomic E-state index is 12.9. The first-order chi connectivity index (χ1) is 15.1. The Morgan fingerprint density at radius 2 is 1.87 bits per heavy atom. The summed E-state index contributed by atoms with van der Waals surface area (Å²) < 4.78 is 12.6. The normalized spacial score (nSPS) is 12.0. The summed E-state index contributed by atoms with van der Waals surface area (Å²) in [6, 6.07) is 6.98. The van der Waals surface area contributed by atoms with Crippen molar-refractivity contribution in [1.82, 2.24) is 20.2 Å². The number of hydrogen-bond donors (Lipinski definition) is 2. The minimum absolute atomic E-state index is 0.0189. The van der Waals surface area contributed by atoms with Gasteiger partial charge in [-0.15, -0.1) is 0 Å². The minimum atomic E-state index is -0.520. The number of ether oxygens (including phenoxy) is 2. The molecule has 2 aromatic heterocycles. The first-order valence-corrected chi connectivity index (χ1v) is 9.97. The fraction of sp³-hybridized carbons (Fsp3) is 0.273. The van der Waals surface area contributed by atoms with E-state index in [0.29, 0.717) is 35.5 Å². The molecule has 2 N–H and O–H groups in total. The van der Waals surface area contributed by atoms with Crippen LogP contribution in [0.3, 0.4) is 0 Å². The molecule has 9 nitrogen and oxygen atoms in total. The van der Waals surface area contributed by atoms with E-state index in [4.69, 9.17) is 9.47 Å². The molecule has 0 bridgehead atoms. The van der Waals surface area contributed by atoms with Gasteiger partial charge >= 0.3 is 0 Å².